The predicted molar refractivity (Wildman–Crippen MR) is 181 cm³/mol. The van der Waals surface area contributed by atoms with Crippen LogP contribution < -0.4 is 10.6 Å². The highest BCUT2D eigenvalue weighted by atomic mass is 19.1. The normalized spacial score (nSPS) is 21.6. The average molecular weight is 680 g/mol. The number of furan rings is 1. The largest absolute Gasteiger partial charge is 0.460 e. The second kappa shape index (κ2) is 15.8. The van der Waals surface area contributed by atoms with Gasteiger partial charge in [-0.2, -0.15) is 0 Å². The second-order valence-electron chi connectivity index (χ2n) is 13.7. The monoisotopic (exact) mass is 679 g/mol. The van der Waals surface area contributed by atoms with E-state index in [0.717, 1.165) is 5.56 Å². The predicted octanol–water partition coefficient (Wildman–Crippen LogP) is 6.40. The molecule has 12 heteroatoms. The minimum atomic E-state index is -0.878. The number of amides is 3. The quantitative estimate of drug-likeness (QED) is 0.222. The first-order valence-electron chi connectivity index (χ1n) is 17.0. The molecule has 1 saturated heterocycles. The molecule has 1 aliphatic carbocycles. The van der Waals surface area contributed by atoms with E-state index < -0.39 is 42.5 Å². The van der Waals surface area contributed by atoms with E-state index in [1.54, 1.807) is 56.9 Å². The molecule has 2 heterocycles. The Bertz CT molecular complexity index is 1610. The fraction of sp³-hybridized carbons (Fsp3) is 0.514. The maximum absolute atomic E-state index is 14.0. The van der Waals surface area contributed by atoms with Gasteiger partial charge in [0.1, 0.15) is 23.9 Å². The van der Waals surface area contributed by atoms with Crippen LogP contribution in [0.1, 0.15) is 75.9 Å². The van der Waals surface area contributed by atoms with Crippen LogP contribution in [-0.2, 0) is 30.4 Å². The van der Waals surface area contributed by atoms with Crippen LogP contribution in [0.15, 0.2) is 59.0 Å². The first kappa shape index (κ1) is 35.8. The summed E-state index contributed by atoms with van der Waals surface area (Å²) in [7, 11) is 0. The third-order valence-electron chi connectivity index (χ3n) is 9.02. The van der Waals surface area contributed by atoms with Crippen molar-refractivity contribution in [3.05, 3.63) is 65.9 Å². The van der Waals surface area contributed by atoms with E-state index in [0.29, 0.717) is 55.3 Å². The third-order valence-corrected chi connectivity index (χ3v) is 9.02. The van der Waals surface area contributed by atoms with Gasteiger partial charge in [0.25, 0.3) is 0 Å². The first-order chi connectivity index (χ1) is 23.5. The van der Waals surface area contributed by atoms with Crippen LogP contribution in [0, 0.1) is 11.8 Å². The molecule has 0 radical (unpaired) electrons. The fourth-order valence-electron chi connectivity index (χ4n) is 6.66. The Kier molecular flexibility index (Phi) is 11.6. The molecule has 1 saturated carbocycles. The Morgan fingerprint density at radius 2 is 1.73 bits per heavy atom. The summed E-state index contributed by atoms with van der Waals surface area (Å²) in [4.78, 5) is 54.1. The van der Waals surface area contributed by atoms with E-state index in [1.807, 2.05) is 30.3 Å². The highest BCUT2D eigenvalue weighted by Crippen LogP contribution is 2.35. The Morgan fingerprint density at radius 3 is 2.41 bits per heavy atom. The van der Waals surface area contributed by atoms with Crippen molar-refractivity contribution in [3.8, 4) is 0 Å². The summed E-state index contributed by atoms with van der Waals surface area (Å²) in [6, 6.07) is 14.7. The number of alkyl halides is 1. The Balaban J connectivity index is 1.27. The molecule has 1 aromatic heterocycles. The van der Waals surface area contributed by atoms with Crippen LogP contribution in [0.2, 0.25) is 0 Å². The highest BCUT2D eigenvalue weighted by Gasteiger charge is 2.45. The van der Waals surface area contributed by atoms with Crippen LogP contribution in [0.3, 0.4) is 0 Å². The smallest absolute Gasteiger partial charge is 0.407 e. The van der Waals surface area contributed by atoms with Crippen molar-refractivity contribution in [1.29, 1.82) is 0 Å². The zero-order valence-corrected chi connectivity index (χ0v) is 28.5. The van der Waals surface area contributed by atoms with Crippen molar-refractivity contribution in [1.82, 2.24) is 10.2 Å². The number of halogens is 1. The standard InChI is InChI=1S/C37H46FN3O8/c1-5-46-35(44)31-20-26-19-27(15-16-29(26)48-31)39-33(42)32-30(47-22-23-9-7-6-8-10-23)17-18-41(32)34(43)25-13-11-24(12-14-25)28(21-38)40-36(45)49-37(2,3)4/h6-10,15-16,19-20,24-25,28,30,32H,5,11-14,17-18,21-22H2,1-4H3,(H,39,42)(H,40,45)/t24?,25?,28-,30-,32+/m1/s1. The summed E-state index contributed by atoms with van der Waals surface area (Å²) in [5, 5.41) is 6.23. The maximum atomic E-state index is 14.0. The Hall–Kier alpha value is -4.45. The number of ether oxygens (including phenoxy) is 3. The summed E-state index contributed by atoms with van der Waals surface area (Å²) < 4.78 is 36.2. The summed E-state index contributed by atoms with van der Waals surface area (Å²) in [6.07, 6.45) is 1.41. The van der Waals surface area contributed by atoms with E-state index >= 15 is 0 Å². The number of anilines is 1. The number of alkyl carbamates (subject to hydrolysis) is 1. The molecule has 0 bridgehead atoms. The van der Waals surface area contributed by atoms with Gasteiger partial charge in [-0.25, -0.2) is 14.0 Å². The molecule has 0 unspecified atom stereocenters. The number of carbonyl (C=O) groups is 4. The van der Waals surface area contributed by atoms with Crippen LogP contribution >= 0.6 is 0 Å². The lowest BCUT2D eigenvalue weighted by Crippen LogP contribution is -2.51. The van der Waals surface area contributed by atoms with Crippen LogP contribution in [0.4, 0.5) is 14.9 Å². The molecule has 1 aliphatic heterocycles. The van der Waals surface area contributed by atoms with Gasteiger partial charge in [0.2, 0.25) is 17.6 Å². The summed E-state index contributed by atoms with van der Waals surface area (Å²) in [5.74, 6) is -1.50. The van der Waals surface area contributed by atoms with Crippen molar-refractivity contribution in [3.63, 3.8) is 0 Å². The Morgan fingerprint density at radius 1 is 1.00 bits per heavy atom. The maximum Gasteiger partial charge on any atom is 0.407 e. The number of esters is 1. The van der Waals surface area contributed by atoms with Gasteiger partial charge in [-0.1, -0.05) is 30.3 Å². The van der Waals surface area contributed by atoms with Gasteiger partial charge in [-0.15, -0.1) is 0 Å². The second-order valence-corrected chi connectivity index (χ2v) is 13.7. The topological polar surface area (TPSA) is 136 Å². The van der Waals surface area contributed by atoms with Crippen molar-refractivity contribution in [2.24, 2.45) is 11.8 Å². The number of fused-ring (bicyclic) bond motifs is 1. The number of benzene rings is 2. The van der Waals surface area contributed by atoms with Gasteiger partial charge in [0.05, 0.1) is 25.4 Å². The number of hydrogen-bond donors (Lipinski definition) is 2. The number of likely N-dealkylation sites (tertiary alicyclic amines) is 1. The molecule has 2 aliphatic rings. The molecule has 3 atom stereocenters. The van der Waals surface area contributed by atoms with Crippen LogP contribution in [0.5, 0.6) is 0 Å². The zero-order valence-electron chi connectivity index (χ0n) is 28.5. The lowest BCUT2D eigenvalue weighted by molar-refractivity contribution is -0.144. The van der Waals surface area contributed by atoms with Crippen molar-refractivity contribution in [2.75, 3.05) is 25.1 Å². The molecule has 2 aromatic carbocycles. The van der Waals surface area contributed by atoms with Gasteiger partial charge < -0.3 is 34.2 Å². The third kappa shape index (κ3) is 9.17. The van der Waals surface area contributed by atoms with Crippen molar-refractivity contribution >= 4 is 40.5 Å². The molecule has 3 aromatic rings. The number of hydrogen-bond acceptors (Lipinski definition) is 8. The number of carbonyl (C=O) groups excluding carboxylic acids is 4. The summed E-state index contributed by atoms with van der Waals surface area (Å²) >= 11 is 0. The van der Waals surface area contributed by atoms with E-state index in [2.05, 4.69) is 10.6 Å². The van der Waals surface area contributed by atoms with E-state index in [9.17, 15) is 23.6 Å². The van der Waals surface area contributed by atoms with Gasteiger partial charge >= 0.3 is 12.1 Å². The molecule has 0 spiro atoms. The molecule has 2 N–H and O–H groups in total. The van der Waals surface area contributed by atoms with Crippen molar-refractivity contribution < 1.29 is 42.2 Å². The average Bonchev–Trinajstić information content (AvgIpc) is 3.70. The first-order valence-corrected chi connectivity index (χ1v) is 17.0. The van der Waals surface area contributed by atoms with E-state index in [-0.39, 0.29) is 42.6 Å². The summed E-state index contributed by atoms with van der Waals surface area (Å²) in [6.45, 7) is 7.08. The molecule has 2 fully saturated rings. The molecule has 264 valence electrons. The van der Waals surface area contributed by atoms with Gasteiger partial charge in [-0.3, -0.25) is 9.59 Å². The van der Waals surface area contributed by atoms with Crippen LogP contribution in [0.25, 0.3) is 11.0 Å². The van der Waals surface area contributed by atoms with Gasteiger partial charge in [-0.05, 0) is 95.5 Å². The molecule has 49 heavy (non-hydrogen) atoms. The minimum Gasteiger partial charge on any atom is -0.460 e. The molecule has 5 rings (SSSR count). The van der Waals surface area contributed by atoms with E-state index in [4.69, 9.17) is 18.6 Å². The van der Waals surface area contributed by atoms with Gasteiger partial charge in [0.15, 0.2) is 0 Å². The van der Waals surface area contributed by atoms with Crippen molar-refractivity contribution in [2.45, 2.75) is 90.2 Å². The van der Waals surface area contributed by atoms with Gasteiger partial charge in [0, 0.05) is 23.5 Å². The molecular formula is C37H46FN3O8. The molecule has 11 nitrogen and oxygen atoms in total. The number of rotatable bonds is 11. The van der Waals surface area contributed by atoms with E-state index in [1.165, 1.54) is 0 Å². The zero-order chi connectivity index (χ0) is 35.1. The highest BCUT2D eigenvalue weighted by molar-refractivity contribution is 6.00. The lowest BCUT2D eigenvalue weighted by Gasteiger charge is -2.35. The lowest BCUT2D eigenvalue weighted by atomic mass is 9.78. The molecule has 3 amide bonds. The summed E-state index contributed by atoms with van der Waals surface area (Å²) in [5.41, 5.74) is 1.20. The van der Waals surface area contributed by atoms with Crippen LogP contribution in [-0.4, -0.2) is 72.4 Å². The molecular weight excluding hydrogens is 633 g/mol. The SMILES string of the molecule is CCOC(=O)c1cc2cc(NC(=O)[C@@H]3[C@H](OCc4ccccc4)CCN3C(=O)C3CCC([C@@H](CF)NC(=O)OC(C)(C)C)CC3)ccc2o1. The minimum absolute atomic E-state index is 0.0652. The number of nitrogens with zero attached hydrogens (tertiary/aromatic N) is 1. The fourth-order valence-corrected chi connectivity index (χ4v) is 6.66. The number of nitrogens with one attached hydrogen (secondary N) is 2. The Labute approximate surface area is 285 Å².